The van der Waals surface area contributed by atoms with Crippen molar-refractivity contribution in [2.24, 2.45) is 0 Å². The molecule has 8 nitrogen and oxygen atoms in total. The second-order valence-electron chi connectivity index (χ2n) is 6.25. The van der Waals surface area contributed by atoms with Gasteiger partial charge in [0.25, 0.3) is 15.9 Å². The van der Waals surface area contributed by atoms with Gasteiger partial charge in [-0.05, 0) is 45.0 Å². The number of nitrogens with zero attached hydrogens (tertiary/aromatic N) is 2. The van der Waals surface area contributed by atoms with Crippen molar-refractivity contribution in [3.8, 4) is 0 Å². The van der Waals surface area contributed by atoms with Crippen LogP contribution < -0.4 is 10.0 Å². The Balaban J connectivity index is 2.27. The number of anilines is 2. The maximum Gasteiger partial charge on any atom is 0.426 e. The van der Waals surface area contributed by atoms with Crippen LogP contribution in [-0.2, 0) is 14.8 Å². The number of nitrogens with one attached hydrogen (secondary N) is 2. The third-order valence-corrected chi connectivity index (χ3v) is 5.34. The molecule has 0 aliphatic heterocycles. The summed E-state index contributed by atoms with van der Waals surface area (Å²) in [6.07, 6.45) is -5.22. The molecule has 1 heterocycles. The predicted octanol–water partition coefficient (Wildman–Crippen LogP) is 2.80. The predicted molar refractivity (Wildman–Crippen MR) is 99.1 cm³/mol. The summed E-state index contributed by atoms with van der Waals surface area (Å²) in [7, 11) is -4.17. The van der Waals surface area contributed by atoms with Crippen LogP contribution in [0.2, 0.25) is 5.02 Å². The SMILES string of the molecule is Cc1cc(C)nc(NS(=O)(=O)c2ccc(NC(=O)C(C)(O)C(F)(F)F)c(Cl)c2)n1. The fourth-order valence-electron chi connectivity index (χ4n) is 2.09. The number of alkyl halides is 3. The molecule has 13 heteroatoms. The van der Waals surface area contributed by atoms with Gasteiger partial charge in [-0.2, -0.15) is 13.2 Å². The molecule has 1 atom stereocenters. The Hall–Kier alpha value is -2.44. The Bertz CT molecular complexity index is 1040. The summed E-state index contributed by atoms with van der Waals surface area (Å²) in [6, 6.07) is 4.56. The number of aliphatic hydroxyl groups is 1. The van der Waals surface area contributed by atoms with E-state index in [1.807, 2.05) is 5.32 Å². The van der Waals surface area contributed by atoms with E-state index in [0.717, 1.165) is 18.2 Å². The van der Waals surface area contributed by atoms with Gasteiger partial charge in [0.05, 0.1) is 15.6 Å². The third kappa shape index (κ3) is 5.14. The van der Waals surface area contributed by atoms with Gasteiger partial charge in [-0.25, -0.2) is 23.1 Å². The summed E-state index contributed by atoms with van der Waals surface area (Å²) in [6.45, 7) is 3.58. The van der Waals surface area contributed by atoms with Crippen molar-refractivity contribution in [1.29, 1.82) is 0 Å². The highest BCUT2D eigenvalue weighted by molar-refractivity contribution is 7.92. The van der Waals surface area contributed by atoms with Gasteiger partial charge in [-0.3, -0.25) is 4.79 Å². The molecule has 0 aliphatic carbocycles. The normalized spacial score (nSPS) is 14.2. The zero-order chi connectivity index (χ0) is 22.2. The first-order valence-corrected chi connectivity index (χ1v) is 9.75. The zero-order valence-corrected chi connectivity index (χ0v) is 16.9. The summed E-state index contributed by atoms with van der Waals surface area (Å²) in [5, 5.41) is 10.8. The molecular weight excluding hydrogens is 437 g/mol. The van der Waals surface area contributed by atoms with E-state index >= 15 is 0 Å². The van der Waals surface area contributed by atoms with Crippen molar-refractivity contribution in [3.05, 3.63) is 40.7 Å². The summed E-state index contributed by atoms with van der Waals surface area (Å²) in [5.74, 6) is -1.94. The molecule has 1 aromatic heterocycles. The highest BCUT2D eigenvalue weighted by Crippen LogP contribution is 2.32. The highest BCUT2D eigenvalue weighted by atomic mass is 35.5. The number of aryl methyl sites for hydroxylation is 2. The Morgan fingerprint density at radius 2 is 1.69 bits per heavy atom. The Morgan fingerprint density at radius 3 is 2.17 bits per heavy atom. The van der Waals surface area contributed by atoms with Crippen LogP contribution in [0.5, 0.6) is 0 Å². The van der Waals surface area contributed by atoms with Crippen LogP contribution in [0.3, 0.4) is 0 Å². The minimum atomic E-state index is -5.22. The minimum Gasteiger partial charge on any atom is -0.373 e. The van der Waals surface area contributed by atoms with Gasteiger partial charge in [0.15, 0.2) is 0 Å². The highest BCUT2D eigenvalue weighted by Gasteiger charge is 2.55. The molecule has 0 aliphatic rings. The van der Waals surface area contributed by atoms with Crippen molar-refractivity contribution in [2.75, 3.05) is 10.0 Å². The van der Waals surface area contributed by atoms with Crippen LogP contribution in [-0.4, -0.2) is 41.2 Å². The fraction of sp³-hybridized carbons (Fsp3) is 0.312. The molecule has 1 amide bonds. The van der Waals surface area contributed by atoms with Gasteiger partial charge >= 0.3 is 6.18 Å². The quantitative estimate of drug-likeness (QED) is 0.641. The molecule has 0 fully saturated rings. The van der Waals surface area contributed by atoms with Crippen LogP contribution in [0.15, 0.2) is 29.2 Å². The van der Waals surface area contributed by atoms with Crippen LogP contribution in [0.25, 0.3) is 0 Å². The number of aromatic nitrogens is 2. The average molecular weight is 453 g/mol. The summed E-state index contributed by atoms with van der Waals surface area (Å²) in [5.41, 5.74) is -2.92. The van der Waals surface area contributed by atoms with Crippen LogP contribution >= 0.6 is 11.6 Å². The molecule has 0 spiro atoms. The summed E-state index contributed by atoms with van der Waals surface area (Å²) in [4.78, 5) is 19.3. The van der Waals surface area contributed by atoms with Crippen LogP contribution in [0.4, 0.5) is 24.8 Å². The molecule has 2 aromatic rings. The number of amides is 1. The van der Waals surface area contributed by atoms with Crippen molar-refractivity contribution >= 4 is 39.2 Å². The molecular formula is C16H16ClF3N4O4S. The first-order chi connectivity index (χ1) is 13.1. The maximum atomic E-state index is 12.7. The lowest BCUT2D eigenvalue weighted by molar-refractivity contribution is -0.242. The minimum absolute atomic E-state index is 0.169. The van der Waals surface area contributed by atoms with E-state index in [2.05, 4.69) is 14.7 Å². The number of hydrogen-bond donors (Lipinski definition) is 3. The van der Waals surface area contributed by atoms with Gasteiger partial charge in [0.1, 0.15) is 0 Å². The van der Waals surface area contributed by atoms with E-state index < -0.39 is 27.7 Å². The number of halogens is 4. The van der Waals surface area contributed by atoms with Gasteiger partial charge in [-0.1, -0.05) is 11.6 Å². The summed E-state index contributed by atoms with van der Waals surface area (Å²) >= 11 is 5.90. The first-order valence-electron chi connectivity index (χ1n) is 7.89. The lowest BCUT2D eigenvalue weighted by atomic mass is 10.1. The topological polar surface area (TPSA) is 121 Å². The van der Waals surface area contributed by atoms with Gasteiger partial charge in [0, 0.05) is 11.4 Å². The standard InChI is InChI=1S/C16H16ClF3N4O4S/c1-8-6-9(2)22-14(21-8)24-29(27,28)10-4-5-12(11(17)7-10)23-13(25)15(3,26)16(18,19)20/h4-7,26H,1-3H3,(H,23,25)(H,21,22,24). The van der Waals surface area contributed by atoms with Crippen molar-refractivity contribution in [1.82, 2.24) is 9.97 Å². The monoisotopic (exact) mass is 452 g/mol. The fourth-order valence-corrected chi connectivity index (χ4v) is 3.35. The maximum absolute atomic E-state index is 12.7. The zero-order valence-electron chi connectivity index (χ0n) is 15.3. The number of carbonyl (C=O) groups excluding carboxylic acids is 1. The molecule has 0 bridgehead atoms. The van der Waals surface area contributed by atoms with E-state index in [1.165, 1.54) is 0 Å². The molecule has 0 radical (unpaired) electrons. The lowest BCUT2D eigenvalue weighted by Gasteiger charge is -2.25. The lowest BCUT2D eigenvalue weighted by Crippen LogP contribution is -2.52. The molecule has 1 unspecified atom stereocenters. The van der Waals surface area contributed by atoms with Gasteiger partial charge in [0.2, 0.25) is 11.5 Å². The van der Waals surface area contributed by atoms with Crippen molar-refractivity contribution in [3.63, 3.8) is 0 Å². The van der Waals surface area contributed by atoms with Crippen molar-refractivity contribution in [2.45, 2.75) is 37.4 Å². The number of rotatable bonds is 5. The van der Waals surface area contributed by atoms with Crippen molar-refractivity contribution < 1.29 is 31.5 Å². The number of hydrogen-bond acceptors (Lipinski definition) is 6. The molecule has 1 aromatic carbocycles. The van der Waals surface area contributed by atoms with Crippen LogP contribution in [0, 0.1) is 13.8 Å². The van der Waals surface area contributed by atoms with Gasteiger partial charge in [-0.15, -0.1) is 0 Å². The largest absolute Gasteiger partial charge is 0.426 e. The van der Waals surface area contributed by atoms with E-state index in [-0.39, 0.29) is 28.5 Å². The molecule has 158 valence electrons. The second kappa shape index (κ2) is 7.76. The first kappa shape index (κ1) is 22.8. The van der Waals surface area contributed by atoms with Crippen LogP contribution in [0.1, 0.15) is 18.3 Å². The Kier molecular flexibility index (Phi) is 6.12. The second-order valence-corrected chi connectivity index (χ2v) is 8.34. The Morgan fingerprint density at radius 1 is 1.14 bits per heavy atom. The summed E-state index contributed by atoms with van der Waals surface area (Å²) < 4.78 is 65.3. The van der Waals surface area contributed by atoms with E-state index in [0.29, 0.717) is 11.4 Å². The number of sulfonamides is 1. The molecule has 2 rings (SSSR count). The molecule has 29 heavy (non-hydrogen) atoms. The third-order valence-electron chi connectivity index (χ3n) is 3.70. The number of benzene rings is 1. The van der Waals surface area contributed by atoms with E-state index in [4.69, 9.17) is 11.6 Å². The number of carbonyl (C=O) groups is 1. The Labute approximate surface area is 169 Å². The molecule has 3 N–H and O–H groups in total. The van der Waals surface area contributed by atoms with E-state index in [1.54, 1.807) is 19.9 Å². The molecule has 0 saturated heterocycles. The average Bonchev–Trinajstić information content (AvgIpc) is 2.53. The molecule has 0 saturated carbocycles. The van der Waals surface area contributed by atoms with Gasteiger partial charge < -0.3 is 10.4 Å². The smallest absolute Gasteiger partial charge is 0.373 e. The van der Waals surface area contributed by atoms with E-state index in [9.17, 15) is 31.5 Å².